The second-order valence-electron chi connectivity index (χ2n) is 28.0. The van der Waals surface area contributed by atoms with Crippen molar-refractivity contribution in [3.8, 4) is 0 Å². The third-order valence-electron chi connectivity index (χ3n) is 18.5. The first-order valence-corrected chi connectivity index (χ1v) is 38.9. The summed E-state index contributed by atoms with van der Waals surface area (Å²) in [5, 5.41) is 79.5. The highest BCUT2D eigenvalue weighted by Gasteiger charge is 2.38. The summed E-state index contributed by atoms with van der Waals surface area (Å²) in [6.45, 7) is 8.88. The maximum absolute atomic E-state index is 14.8. The number of benzene rings is 3. The predicted octanol–water partition coefficient (Wildman–Crippen LogP) is -3.34. The van der Waals surface area contributed by atoms with Gasteiger partial charge >= 0.3 is 5.97 Å². The van der Waals surface area contributed by atoms with Gasteiger partial charge in [-0.3, -0.25) is 67.8 Å². The van der Waals surface area contributed by atoms with E-state index in [1.54, 1.807) is 109 Å². The topological polar surface area (TPSA) is 594 Å². The lowest BCUT2D eigenvalue weighted by Gasteiger charge is -2.29. The second-order valence-corrected chi connectivity index (χ2v) is 29.2. The minimum absolute atomic E-state index is 0.00855. The molecule has 5 aromatic rings. The number of pyridine rings is 1. The van der Waals surface area contributed by atoms with Crippen molar-refractivity contribution in [2.24, 2.45) is 34.6 Å². The van der Waals surface area contributed by atoms with Crippen molar-refractivity contribution in [1.29, 1.82) is 0 Å². The summed E-state index contributed by atoms with van der Waals surface area (Å²) in [5.41, 5.74) is 32.2. The number of aliphatic hydroxyl groups excluding tert-OH is 3. The van der Waals surface area contributed by atoms with Crippen LogP contribution in [0, 0.1) is 5.92 Å². The molecule has 38 heteroatoms. The number of nitrogens with two attached hydrogens (primary N) is 5. The van der Waals surface area contributed by atoms with Crippen LogP contribution in [0.4, 0.5) is 0 Å². The molecule has 626 valence electrons. The van der Waals surface area contributed by atoms with Crippen molar-refractivity contribution < 1.29 is 78.0 Å². The fraction of sp³-hybridized carbons (Fsp3) is 0.481. The Balaban J connectivity index is 1.30. The number of carboxylic acid groups (broad SMARTS) is 1. The van der Waals surface area contributed by atoms with Crippen LogP contribution in [0.1, 0.15) is 113 Å². The summed E-state index contributed by atoms with van der Waals surface area (Å²) in [4.78, 5) is 176. The Labute approximate surface area is 670 Å². The molecule has 3 heterocycles. The minimum Gasteiger partial charge on any atom is -0.480 e. The second kappa shape index (κ2) is 47.1. The number of amides is 11. The van der Waals surface area contributed by atoms with Gasteiger partial charge in [-0.05, 0) is 157 Å². The molecule has 26 N–H and O–H groups in total. The molecule has 3 aromatic carbocycles. The monoisotopic (exact) mass is 1620 g/mol. The lowest BCUT2D eigenvalue weighted by molar-refractivity contribution is -0.139. The molecule has 11 amide bonds. The van der Waals surface area contributed by atoms with E-state index in [0.717, 1.165) is 0 Å². The van der Waals surface area contributed by atoms with Crippen molar-refractivity contribution in [2.75, 3.05) is 59.4 Å². The van der Waals surface area contributed by atoms with Gasteiger partial charge in [0.1, 0.15) is 72.5 Å². The lowest BCUT2D eigenvalue weighted by Crippen LogP contribution is -2.61. The zero-order valence-electron chi connectivity index (χ0n) is 65.2. The van der Waals surface area contributed by atoms with Crippen LogP contribution < -0.4 is 92.5 Å². The molecule has 1 unspecified atom stereocenters. The summed E-state index contributed by atoms with van der Waals surface area (Å²) >= 11 is 1.32. The number of fused-ring (bicyclic) bond motifs is 1. The van der Waals surface area contributed by atoms with E-state index in [-0.39, 0.29) is 115 Å². The average Bonchev–Trinajstić information content (AvgIpc) is 1.63. The Hall–Kier alpha value is -10.8. The standard InChI is InChI=1S/C77H111N21O16S/c1-43(2)40-59-73(109)89-54(25-31-78)68(104)88-57(28-34-81)72(108)95-65(44(3)99)75(111)86-36-29-58(71(107)87-55(26-32-79)70(106)93-60(74(110)92-59)41-47-14-8-7-9-15-47)90-69(105)56(27-33-80)91-76(112)66(45(4)100)94-64(102)30-38-97(39-37-85-63(101)24-22-52(82)77(113)114)46(5)98-61-42-49(115-62-18-11-10-17-51(62)67(103)83-6)20-21-50(61)53(96-98)23-19-48-16-12-13-35-84-48/h7-21,23,35,42-45,52,54-60,63,65-66,85,99-101H,5,22,24-34,36-41,78-82H2,1-4,6H3,(H,83,103)(H,86,111)(H,87,107)(H,88,104)(H,89,109)(H,90,105)(H,91,112)(H,92,110)(H,93,106)(H,94,102)(H,95,108)(H,113,114)/b23-19+/t44-,45+,52+,54+,55+,56+,57+,58+,59+,60-,63?,65+,66+/m1/s1. The Morgan fingerprint density at radius 3 is 1.88 bits per heavy atom. The molecule has 1 aliphatic rings. The van der Waals surface area contributed by atoms with Crippen molar-refractivity contribution in [3.05, 3.63) is 126 Å². The number of hydrogen-bond donors (Lipinski definition) is 21. The van der Waals surface area contributed by atoms with Gasteiger partial charge in [-0.15, -0.1) is 0 Å². The molecular formula is C77H111N21O16S. The Morgan fingerprint density at radius 1 is 0.678 bits per heavy atom. The van der Waals surface area contributed by atoms with Gasteiger partial charge < -0.3 is 112 Å². The van der Waals surface area contributed by atoms with Crippen molar-refractivity contribution in [3.63, 3.8) is 0 Å². The van der Waals surface area contributed by atoms with E-state index in [1.807, 2.05) is 24.3 Å². The van der Waals surface area contributed by atoms with E-state index in [4.69, 9.17) is 33.8 Å². The Kier molecular flexibility index (Phi) is 38.1. The number of aliphatic hydroxyl groups is 3. The highest BCUT2D eigenvalue weighted by molar-refractivity contribution is 7.99. The number of aliphatic carboxylic acids is 1. The van der Waals surface area contributed by atoms with Gasteiger partial charge in [0.05, 0.1) is 34.7 Å². The third-order valence-corrected chi connectivity index (χ3v) is 19.6. The number of carbonyl (C=O) groups is 12. The van der Waals surface area contributed by atoms with Crippen molar-refractivity contribution in [1.82, 2.24) is 83.5 Å². The molecule has 6 rings (SSSR count). The normalized spacial score (nSPS) is 20.0. The molecule has 0 aliphatic carbocycles. The number of carboxylic acids is 1. The van der Waals surface area contributed by atoms with Gasteiger partial charge in [-0.1, -0.05) is 80.7 Å². The number of carbonyl (C=O) groups excluding carboxylic acids is 11. The smallest absolute Gasteiger partial charge is 0.320 e. The van der Waals surface area contributed by atoms with Crippen LogP contribution >= 0.6 is 11.8 Å². The van der Waals surface area contributed by atoms with Gasteiger partial charge in [-0.2, -0.15) is 5.10 Å². The maximum atomic E-state index is 14.8. The molecule has 115 heavy (non-hydrogen) atoms. The van der Waals surface area contributed by atoms with E-state index >= 15 is 0 Å². The number of aromatic nitrogens is 3. The molecule has 0 radical (unpaired) electrons. The fourth-order valence-electron chi connectivity index (χ4n) is 12.2. The largest absolute Gasteiger partial charge is 0.480 e. The highest BCUT2D eigenvalue weighted by atomic mass is 32.2. The molecule has 37 nitrogen and oxygen atoms in total. The van der Waals surface area contributed by atoms with Crippen LogP contribution in [0.3, 0.4) is 0 Å². The van der Waals surface area contributed by atoms with Crippen molar-refractivity contribution >= 4 is 112 Å². The molecule has 1 aliphatic heterocycles. The first-order chi connectivity index (χ1) is 54.9. The fourth-order valence-corrected chi connectivity index (χ4v) is 13.2. The molecule has 1 fully saturated rings. The SMILES string of the molecule is C=C(N(CCNC(O)CC[C@H](N)C(=O)O)CCC(=O)N[C@H](C(=O)N[C@@H](CCN)C(=O)N[C@H]1CCNC(=O)[C@H]([C@@H](C)O)NC(=O)[C@H](CCN)NC(=O)[C@H](CCN)NC(=O)[C@H](CC(C)C)NC(=O)[C@@H](Cc2ccccc2)NC(=O)[C@H](CCN)NC1=O)[C@H](C)O)n1nc(/C=C/c2ccccn2)c2ccc(Sc3ccccc3C(=O)NC)cc21. The maximum Gasteiger partial charge on any atom is 0.320 e. The quantitative estimate of drug-likeness (QED) is 0.0173. The Morgan fingerprint density at radius 2 is 1.28 bits per heavy atom. The molecule has 0 spiro atoms. The number of rotatable bonds is 37. The van der Waals surface area contributed by atoms with Crippen LogP contribution in [-0.4, -0.2) is 249 Å². The summed E-state index contributed by atoms with van der Waals surface area (Å²) in [5.74, 6) is -11.2. The summed E-state index contributed by atoms with van der Waals surface area (Å²) in [6.07, 6.45) is -1.46. The van der Waals surface area contributed by atoms with Gasteiger partial charge in [0.25, 0.3) is 5.91 Å². The first kappa shape index (κ1) is 93.1. The van der Waals surface area contributed by atoms with Crippen LogP contribution in [0.5, 0.6) is 0 Å². The Bertz CT molecular complexity index is 4160. The van der Waals surface area contributed by atoms with Gasteiger partial charge in [0.15, 0.2) is 0 Å². The summed E-state index contributed by atoms with van der Waals surface area (Å²) in [7, 11) is 1.53. The van der Waals surface area contributed by atoms with E-state index in [0.29, 0.717) is 43.2 Å². The zero-order valence-corrected chi connectivity index (χ0v) is 66.0. The van der Waals surface area contributed by atoms with Crippen LogP contribution in [0.15, 0.2) is 114 Å². The molecule has 2 aromatic heterocycles. The summed E-state index contributed by atoms with van der Waals surface area (Å²) in [6, 6.07) is 11.2. The first-order valence-electron chi connectivity index (χ1n) is 38.1. The molecule has 0 bridgehead atoms. The molecule has 13 atom stereocenters. The van der Waals surface area contributed by atoms with Gasteiger partial charge in [0, 0.05) is 67.4 Å². The number of nitrogens with one attached hydrogen (secondary N) is 12. The average molecular weight is 1620 g/mol. The molecule has 1 saturated heterocycles. The van der Waals surface area contributed by atoms with Gasteiger partial charge in [0.2, 0.25) is 59.1 Å². The minimum atomic E-state index is -1.78. The van der Waals surface area contributed by atoms with E-state index < -0.39 is 163 Å². The van der Waals surface area contributed by atoms with Crippen LogP contribution in [0.2, 0.25) is 0 Å². The zero-order chi connectivity index (χ0) is 84.4. The van der Waals surface area contributed by atoms with Crippen LogP contribution in [-0.2, 0) is 59.2 Å². The third kappa shape index (κ3) is 29.2. The highest BCUT2D eigenvalue weighted by Crippen LogP contribution is 2.35. The van der Waals surface area contributed by atoms with Gasteiger partial charge in [-0.25, -0.2) is 4.68 Å². The van der Waals surface area contributed by atoms with Crippen molar-refractivity contribution in [2.45, 2.75) is 181 Å². The summed E-state index contributed by atoms with van der Waals surface area (Å²) < 4.78 is 1.55. The van der Waals surface area contributed by atoms with E-state index in [2.05, 4.69) is 75.4 Å². The van der Waals surface area contributed by atoms with Crippen LogP contribution in [0.25, 0.3) is 28.9 Å². The molecular weight excluding hydrogens is 1510 g/mol. The van der Waals surface area contributed by atoms with E-state index in [9.17, 15) is 78.0 Å². The molecule has 0 saturated carbocycles. The van der Waals surface area contributed by atoms with E-state index in [1.165, 1.54) is 32.7 Å². The predicted molar refractivity (Wildman–Crippen MR) is 430 cm³/mol. The number of nitrogens with zero attached hydrogens (tertiary/aromatic N) is 4. The number of hydrogen-bond acceptors (Lipinski definition) is 25. The lowest BCUT2D eigenvalue weighted by atomic mass is 10.00.